The lowest BCUT2D eigenvalue weighted by molar-refractivity contribution is 0.132. The van der Waals surface area contributed by atoms with Crippen molar-refractivity contribution in [2.75, 3.05) is 32.1 Å². The van der Waals surface area contributed by atoms with Crippen molar-refractivity contribution in [1.29, 1.82) is 0 Å². The fourth-order valence-corrected chi connectivity index (χ4v) is 3.87. The number of rotatable bonds is 7. The van der Waals surface area contributed by atoms with Crippen LogP contribution in [0, 0.1) is 5.82 Å². The van der Waals surface area contributed by atoms with E-state index in [1.165, 1.54) is 12.1 Å². The summed E-state index contributed by atoms with van der Waals surface area (Å²) >= 11 is 0. The van der Waals surface area contributed by atoms with Crippen molar-refractivity contribution in [3.05, 3.63) is 71.3 Å². The van der Waals surface area contributed by atoms with E-state index in [-0.39, 0.29) is 11.8 Å². The first-order valence-corrected chi connectivity index (χ1v) is 10.3. The van der Waals surface area contributed by atoms with E-state index in [9.17, 15) is 8.78 Å². The molecule has 6 nitrogen and oxygen atoms in total. The minimum Gasteiger partial charge on any atom is -0.497 e. The molecule has 0 spiro atoms. The highest BCUT2D eigenvalue weighted by Gasteiger charge is 2.35. The molecule has 1 fully saturated rings. The first-order valence-electron chi connectivity index (χ1n) is 10.3. The number of anilines is 1. The standard InChI is InChI=1S/C23H26F2N4O2/c1-28-12-11-21(20(25)15-28)29(14-17-3-7-18(24)8-4-17)23-26-22(27-31-23)13-16-5-9-19(30-2)10-6-16/h3-10,20-21H,11-15H2,1-2H3/t20-,21+/m0/s1. The fourth-order valence-electron chi connectivity index (χ4n) is 3.87. The lowest BCUT2D eigenvalue weighted by Crippen LogP contribution is -2.51. The molecule has 31 heavy (non-hydrogen) atoms. The molecule has 1 aromatic heterocycles. The smallest absolute Gasteiger partial charge is 0.324 e. The van der Waals surface area contributed by atoms with Crippen LogP contribution in [0.1, 0.15) is 23.4 Å². The van der Waals surface area contributed by atoms with E-state index in [0.29, 0.717) is 31.8 Å². The molecule has 0 amide bonds. The van der Waals surface area contributed by atoms with Gasteiger partial charge in [-0.3, -0.25) is 0 Å². The van der Waals surface area contributed by atoms with Gasteiger partial charge in [-0.25, -0.2) is 8.78 Å². The first-order chi connectivity index (χ1) is 15.0. The number of halogens is 2. The van der Waals surface area contributed by atoms with Gasteiger partial charge in [0.1, 0.15) is 17.7 Å². The van der Waals surface area contributed by atoms with E-state index < -0.39 is 12.2 Å². The van der Waals surface area contributed by atoms with Crippen LogP contribution < -0.4 is 9.64 Å². The SMILES string of the molecule is COc1ccc(Cc2noc(N(Cc3ccc(F)cc3)[C@@H]3CCN(C)C[C@@H]3F)n2)cc1. The summed E-state index contributed by atoms with van der Waals surface area (Å²) in [6.07, 6.45) is 0.0653. The Labute approximate surface area is 180 Å². The number of hydrogen-bond acceptors (Lipinski definition) is 6. The average molecular weight is 428 g/mol. The molecule has 1 aliphatic rings. The van der Waals surface area contributed by atoms with Gasteiger partial charge in [-0.15, -0.1) is 0 Å². The van der Waals surface area contributed by atoms with Crippen molar-refractivity contribution in [2.45, 2.75) is 31.6 Å². The number of hydrogen-bond donors (Lipinski definition) is 0. The van der Waals surface area contributed by atoms with Crippen LogP contribution >= 0.6 is 0 Å². The van der Waals surface area contributed by atoms with Gasteiger partial charge in [0.05, 0.1) is 13.2 Å². The number of ether oxygens (including phenoxy) is 1. The van der Waals surface area contributed by atoms with Crippen LogP contribution in [0.2, 0.25) is 0 Å². The van der Waals surface area contributed by atoms with Crippen LogP contribution in [0.15, 0.2) is 53.1 Å². The van der Waals surface area contributed by atoms with Gasteiger partial charge in [0.15, 0.2) is 5.82 Å². The summed E-state index contributed by atoms with van der Waals surface area (Å²) in [5, 5.41) is 4.11. The molecule has 0 unspecified atom stereocenters. The predicted molar refractivity (Wildman–Crippen MR) is 113 cm³/mol. The lowest BCUT2D eigenvalue weighted by atomic mass is 10.0. The molecule has 2 aromatic carbocycles. The monoisotopic (exact) mass is 428 g/mol. The summed E-state index contributed by atoms with van der Waals surface area (Å²) in [7, 11) is 3.53. The highest BCUT2D eigenvalue weighted by atomic mass is 19.1. The number of piperidine rings is 1. The van der Waals surface area contributed by atoms with E-state index in [1.807, 2.05) is 41.1 Å². The van der Waals surface area contributed by atoms with Crippen LogP contribution in [0.25, 0.3) is 0 Å². The lowest BCUT2D eigenvalue weighted by Gasteiger charge is -2.38. The van der Waals surface area contributed by atoms with E-state index in [4.69, 9.17) is 9.26 Å². The maximum atomic E-state index is 15.0. The number of likely N-dealkylation sites (tertiary alicyclic amines) is 1. The van der Waals surface area contributed by atoms with Crippen LogP contribution in [-0.4, -0.2) is 54.5 Å². The average Bonchev–Trinajstić information content (AvgIpc) is 3.22. The molecular formula is C23H26F2N4O2. The largest absolute Gasteiger partial charge is 0.497 e. The van der Waals surface area contributed by atoms with Crippen molar-refractivity contribution in [2.24, 2.45) is 0 Å². The quantitative estimate of drug-likeness (QED) is 0.570. The van der Waals surface area contributed by atoms with Gasteiger partial charge in [-0.1, -0.05) is 29.4 Å². The Morgan fingerprint density at radius 2 is 1.84 bits per heavy atom. The number of methoxy groups -OCH3 is 1. The molecule has 0 saturated carbocycles. The van der Waals surface area contributed by atoms with E-state index >= 15 is 0 Å². The molecule has 0 aliphatic carbocycles. The maximum absolute atomic E-state index is 15.0. The predicted octanol–water partition coefficient (Wildman–Crippen LogP) is 3.86. The summed E-state index contributed by atoms with van der Waals surface area (Å²) in [5.74, 6) is 0.990. The molecule has 1 saturated heterocycles. The van der Waals surface area contributed by atoms with Crippen LogP contribution in [0.5, 0.6) is 5.75 Å². The number of aromatic nitrogens is 2. The van der Waals surface area contributed by atoms with Gasteiger partial charge in [-0.05, 0) is 48.9 Å². The number of alkyl halides is 1. The molecule has 0 radical (unpaired) electrons. The van der Waals surface area contributed by atoms with Crippen molar-refractivity contribution >= 4 is 6.01 Å². The Morgan fingerprint density at radius 1 is 1.13 bits per heavy atom. The molecular weight excluding hydrogens is 402 g/mol. The van der Waals surface area contributed by atoms with Crippen molar-refractivity contribution in [1.82, 2.24) is 15.0 Å². The summed E-state index contributed by atoms with van der Waals surface area (Å²) in [4.78, 5) is 8.34. The second kappa shape index (κ2) is 9.43. The normalized spacial score (nSPS) is 19.4. The van der Waals surface area contributed by atoms with E-state index in [0.717, 1.165) is 23.4 Å². The fraction of sp³-hybridized carbons (Fsp3) is 0.391. The second-order valence-corrected chi connectivity index (χ2v) is 7.91. The first kappa shape index (κ1) is 21.2. The third kappa shape index (κ3) is 5.19. The highest BCUT2D eigenvalue weighted by Crippen LogP contribution is 2.27. The van der Waals surface area contributed by atoms with Crippen molar-refractivity contribution < 1.29 is 18.0 Å². The third-order valence-corrected chi connectivity index (χ3v) is 5.60. The zero-order valence-corrected chi connectivity index (χ0v) is 17.7. The Hall–Kier alpha value is -3.00. The topological polar surface area (TPSA) is 54.6 Å². The van der Waals surface area contributed by atoms with Crippen molar-refractivity contribution in [3.8, 4) is 5.75 Å². The van der Waals surface area contributed by atoms with Gasteiger partial charge >= 0.3 is 6.01 Å². The Bertz CT molecular complexity index is 978. The summed E-state index contributed by atoms with van der Waals surface area (Å²) in [6.45, 7) is 1.48. The van der Waals surface area contributed by atoms with Crippen molar-refractivity contribution in [3.63, 3.8) is 0 Å². The molecule has 3 aromatic rings. The second-order valence-electron chi connectivity index (χ2n) is 7.91. The molecule has 164 valence electrons. The molecule has 4 rings (SSSR count). The molecule has 8 heteroatoms. The molecule has 1 aliphatic heterocycles. The minimum absolute atomic E-state index is 0.282. The molecule has 2 atom stereocenters. The Balaban J connectivity index is 1.56. The zero-order chi connectivity index (χ0) is 21.8. The van der Waals surface area contributed by atoms with Gasteiger partial charge in [0, 0.05) is 26.1 Å². The summed E-state index contributed by atoms with van der Waals surface area (Å²) in [5.41, 5.74) is 1.86. The van der Waals surface area contributed by atoms with Crippen LogP contribution in [0.4, 0.5) is 14.8 Å². The van der Waals surface area contributed by atoms with E-state index in [2.05, 4.69) is 10.1 Å². The van der Waals surface area contributed by atoms with Gasteiger partial charge < -0.3 is 19.1 Å². The van der Waals surface area contributed by atoms with Gasteiger partial charge in [0.2, 0.25) is 0 Å². The molecule has 2 heterocycles. The number of benzene rings is 2. The molecule has 0 bridgehead atoms. The molecule has 0 N–H and O–H groups in total. The van der Waals surface area contributed by atoms with Gasteiger partial charge in [0.25, 0.3) is 0 Å². The van der Waals surface area contributed by atoms with Gasteiger partial charge in [-0.2, -0.15) is 4.98 Å². The third-order valence-electron chi connectivity index (χ3n) is 5.60. The minimum atomic E-state index is -1.06. The highest BCUT2D eigenvalue weighted by molar-refractivity contribution is 5.34. The zero-order valence-electron chi connectivity index (χ0n) is 17.7. The Kier molecular flexibility index (Phi) is 6.46. The summed E-state index contributed by atoms with van der Waals surface area (Å²) in [6, 6.07) is 13.7. The Morgan fingerprint density at radius 3 is 2.52 bits per heavy atom. The summed E-state index contributed by atoms with van der Waals surface area (Å²) < 4.78 is 39.1. The van der Waals surface area contributed by atoms with E-state index in [1.54, 1.807) is 19.2 Å². The maximum Gasteiger partial charge on any atom is 0.324 e. The van der Waals surface area contributed by atoms with Crippen LogP contribution in [-0.2, 0) is 13.0 Å². The van der Waals surface area contributed by atoms with Crippen LogP contribution in [0.3, 0.4) is 0 Å². The number of nitrogens with zero attached hydrogens (tertiary/aromatic N) is 4.